The molecule has 0 amide bonds. The van der Waals surface area contributed by atoms with Gasteiger partial charge in [-0.2, -0.15) is 0 Å². The minimum Gasteiger partial charge on any atom is -0.466 e. The quantitative estimate of drug-likeness (QED) is 0.323. The Balaban J connectivity index is -0.00000288. The van der Waals surface area contributed by atoms with E-state index in [4.69, 9.17) is 20.9 Å². The highest BCUT2D eigenvalue weighted by Gasteiger charge is 2.16. The molecule has 0 heterocycles. The Labute approximate surface area is 177 Å². The summed E-state index contributed by atoms with van der Waals surface area (Å²) in [5, 5.41) is 0. The van der Waals surface area contributed by atoms with Gasteiger partial charge in [-0.1, -0.05) is 27.7 Å². The minimum absolute atomic E-state index is 0. The van der Waals surface area contributed by atoms with E-state index < -0.39 is 0 Å². The van der Waals surface area contributed by atoms with Gasteiger partial charge < -0.3 is 20.9 Å². The molecule has 0 aliphatic rings. The van der Waals surface area contributed by atoms with Crippen LogP contribution < -0.4 is 11.5 Å². The Morgan fingerprint density at radius 2 is 1.07 bits per heavy atom. The third kappa shape index (κ3) is 18.6. The maximum absolute atomic E-state index is 11.8. The van der Waals surface area contributed by atoms with E-state index in [1.54, 1.807) is 0 Å². The summed E-state index contributed by atoms with van der Waals surface area (Å²) >= 11 is 0. The van der Waals surface area contributed by atoms with Crippen molar-refractivity contribution in [2.45, 2.75) is 59.8 Å². The molecule has 0 aromatic heterocycles. The molecular formula is C19H40Cl2N2O4. The van der Waals surface area contributed by atoms with Crippen molar-refractivity contribution in [2.75, 3.05) is 26.3 Å². The molecule has 8 heteroatoms. The summed E-state index contributed by atoms with van der Waals surface area (Å²) in [7, 11) is 0. The SMILES string of the molecule is CC(C)C[C@H](CN)CC(=O)OCCCOC(=O)C[C@H](CN)CC(C)C.Cl.Cl. The highest BCUT2D eigenvalue weighted by Crippen LogP contribution is 2.16. The largest absolute Gasteiger partial charge is 0.466 e. The molecular weight excluding hydrogens is 391 g/mol. The molecule has 0 spiro atoms. The summed E-state index contributed by atoms with van der Waals surface area (Å²) < 4.78 is 10.4. The lowest BCUT2D eigenvalue weighted by molar-refractivity contribution is -0.147. The maximum Gasteiger partial charge on any atom is 0.306 e. The first-order valence-corrected chi connectivity index (χ1v) is 9.49. The lowest BCUT2D eigenvalue weighted by atomic mass is 9.94. The smallest absolute Gasteiger partial charge is 0.306 e. The number of hydrogen-bond acceptors (Lipinski definition) is 6. The fraction of sp³-hybridized carbons (Fsp3) is 0.895. The molecule has 0 radical (unpaired) electrons. The van der Waals surface area contributed by atoms with Crippen molar-refractivity contribution in [3.63, 3.8) is 0 Å². The van der Waals surface area contributed by atoms with Crippen LogP contribution >= 0.6 is 24.8 Å². The van der Waals surface area contributed by atoms with Gasteiger partial charge in [0.2, 0.25) is 0 Å². The van der Waals surface area contributed by atoms with Crippen LogP contribution in [0.1, 0.15) is 59.8 Å². The molecule has 0 unspecified atom stereocenters. The Hall–Kier alpha value is -0.560. The van der Waals surface area contributed by atoms with Gasteiger partial charge in [0.1, 0.15) is 0 Å². The molecule has 0 rings (SSSR count). The van der Waals surface area contributed by atoms with Crippen LogP contribution in [0, 0.1) is 23.7 Å². The molecule has 164 valence electrons. The molecule has 2 atom stereocenters. The van der Waals surface area contributed by atoms with Crippen molar-refractivity contribution < 1.29 is 19.1 Å². The summed E-state index contributed by atoms with van der Waals surface area (Å²) in [6.45, 7) is 9.94. The van der Waals surface area contributed by atoms with Crippen LogP contribution in [0.25, 0.3) is 0 Å². The lowest BCUT2D eigenvalue weighted by Crippen LogP contribution is -2.22. The Morgan fingerprint density at radius 1 is 0.741 bits per heavy atom. The van der Waals surface area contributed by atoms with Crippen LogP contribution in [-0.4, -0.2) is 38.2 Å². The summed E-state index contributed by atoms with van der Waals surface area (Å²) in [5.74, 6) is 0.881. The molecule has 0 fully saturated rings. The molecule has 6 nitrogen and oxygen atoms in total. The normalized spacial score (nSPS) is 12.7. The van der Waals surface area contributed by atoms with Gasteiger partial charge in [-0.3, -0.25) is 9.59 Å². The van der Waals surface area contributed by atoms with Gasteiger partial charge in [-0.05, 0) is 49.6 Å². The van der Waals surface area contributed by atoms with Crippen LogP contribution in [0.2, 0.25) is 0 Å². The van der Waals surface area contributed by atoms with Crippen molar-refractivity contribution in [1.82, 2.24) is 0 Å². The minimum atomic E-state index is -0.234. The Morgan fingerprint density at radius 3 is 1.33 bits per heavy atom. The molecule has 27 heavy (non-hydrogen) atoms. The van der Waals surface area contributed by atoms with Crippen molar-refractivity contribution in [2.24, 2.45) is 35.1 Å². The van der Waals surface area contributed by atoms with E-state index in [0.29, 0.717) is 44.2 Å². The number of rotatable bonds is 14. The van der Waals surface area contributed by atoms with Crippen molar-refractivity contribution in [3.8, 4) is 0 Å². The van der Waals surface area contributed by atoms with E-state index in [2.05, 4.69) is 27.7 Å². The van der Waals surface area contributed by atoms with Crippen LogP contribution in [0.3, 0.4) is 0 Å². The number of hydrogen-bond donors (Lipinski definition) is 2. The predicted molar refractivity (Wildman–Crippen MR) is 114 cm³/mol. The summed E-state index contributed by atoms with van der Waals surface area (Å²) in [6, 6.07) is 0. The molecule has 0 bridgehead atoms. The first-order chi connectivity index (χ1) is 11.8. The molecule has 0 aromatic rings. The van der Waals surface area contributed by atoms with Gasteiger partial charge >= 0.3 is 11.9 Å². The zero-order valence-corrected chi connectivity index (χ0v) is 18.9. The number of nitrogens with two attached hydrogens (primary N) is 2. The number of esters is 2. The van der Waals surface area contributed by atoms with E-state index in [1.165, 1.54) is 0 Å². The topological polar surface area (TPSA) is 105 Å². The second-order valence-electron chi connectivity index (χ2n) is 7.67. The summed E-state index contributed by atoms with van der Waals surface area (Å²) in [5.41, 5.74) is 11.4. The van der Waals surface area contributed by atoms with Crippen LogP contribution in [0.5, 0.6) is 0 Å². The number of halogens is 2. The number of carbonyl (C=O) groups is 2. The van der Waals surface area contributed by atoms with Gasteiger partial charge in [0.05, 0.1) is 13.2 Å². The first kappa shape index (κ1) is 31.1. The number of carbonyl (C=O) groups excluding carboxylic acids is 2. The van der Waals surface area contributed by atoms with E-state index in [9.17, 15) is 9.59 Å². The molecule has 0 aromatic carbocycles. The summed E-state index contributed by atoms with van der Waals surface area (Å²) in [6.07, 6.45) is 3.04. The third-order valence-electron chi connectivity index (χ3n) is 4.00. The van der Waals surface area contributed by atoms with E-state index in [0.717, 1.165) is 12.8 Å². The molecule has 0 saturated heterocycles. The monoisotopic (exact) mass is 430 g/mol. The van der Waals surface area contributed by atoms with E-state index in [1.807, 2.05) is 0 Å². The average molecular weight is 431 g/mol. The van der Waals surface area contributed by atoms with Crippen LogP contribution in [0.15, 0.2) is 0 Å². The van der Waals surface area contributed by atoms with Crippen molar-refractivity contribution >= 4 is 36.8 Å². The Bertz CT molecular complexity index is 349. The molecule has 0 aliphatic carbocycles. The van der Waals surface area contributed by atoms with E-state index in [-0.39, 0.29) is 61.8 Å². The standard InChI is InChI=1S/C19H38N2O4.2ClH/c1-14(2)8-16(12-20)10-18(22)24-6-5-7-25-19(23)11-17(13-21)9-15(3)4;;/h14-17H,5-13,20-21H2,1-4H3;2*1H/t16-,17+;;. The predicted octanol–water partition coefficient (Wildman–Crippen LogP) is 3.33. The highest BCUT2D eigenvalue weighted by atomic mass is 35.5. The third-order valence-corrected chi connectivity index (χ3v) is 4.00. The molecule has 0 aliphatic heterocycles. The van der Waals surface area contributed by atoms with E-state index >= 15 is 0 Å². The van der Waals surface area contributed by atoms with Crippen LogP contribution in [-0.2, 0) is 19.1 Å². The van der Waals surface area contributed by atoms with Gasteiger partial charge in [0.25, 0.3) is 0 Å². The zero-order valence-electron chi connectivity index (χ0n) is 17.3. The number of ether oxygens (including phenoxy) is 2. The van der Waals surface area contributed by atoms with Gasteiger partial charge in [0, 0.05) is 19.3 Å². The average Bonchev–Trinajstić information content (AvgIpc) is 2.52. The maximum atomic E-state index is 11.8. The van der Waals surface area contributed by atoms with Gasteiger partial charge in [0.15, 0.2) is 0 Å². The van der Waals surface area contributed by atoms with Crippen molar-refractivity contribution in [3.05, 3.63) is 0 Å². The molecule has 0 saturated carbocycles. The fourth-order valence-electron chi connectivity index (χ4n) is 2.88. The second-order valence-corrected chi connectivity index (χ2v) is 7.67. The van der Waals surface area contributed by atoms with Gasteiger partial charge in [-0.15, -0.1) is 24.8 Å². The second kappa shape index (κ2) is 18.8. The Kier molecular flexibility index (Phi) is 21.7. The van der Waals surface area contributed by atoms with Crippen molar-refractivity contribution in [1.29, 1.82) is 0 Å². The van der Waals surface area contributed by atoms with Gasteiger partial charge in [-0.25, -0.2) is 0 Å². The zero-order chi connectivity index (χ0) is 19.2. The highest BCUT2D eigenvalue weighted by molar-refractivity contribution is 5.85. The first-order valence-electron chi connectivity index (χ1n) is 9.49. The fourth-order valence-corrected chi connectivity index (χ4v) is 2.88. The lowest BCUT2D eigenvalue weighted by Gasteiger charge is -2.16. The van der Waals surface area contributed by atoms with Crippen LogP contribution in [0.4, 0.5) is 0 Å². The molecule has 4 N–H and O–H groups in total. The summed E-state index contributed by atoms with van der Waals surface area (Å²) in [4.78, 5) is 23.6.